The van der Waals surface area contributed by atoms with Gasteiger partial charge in [-0.25, -0.2) is 18.7 Å². The molecule has 40 heavy (non-hydrogen) atoms. The number of benzene rings is 1. The Balaban J connectivity index is 1.33. The minimum atomic E-state index is -1.05. The second-order valence-corrected chi connectivity index (χ2v) is 9.51. The lowest BCUT2D eigenvalue weighted by atomic mass is 10.0. The van der Waals surface area contributed by atoms with Crippen molar-refractivity contribution in [2.75, 3.05) is 18.5 Å². The Labute approximate surface area is 227 Å². The highest BCUT2D eigenvalue weighted by molar-refractivity contribution is 6.00. The van der Waals surface area contributed by atoms with Gasteiger partial charge in [0, 0.05) is 38.3 Å². The summed E-state index contributed by atoms with van der Waals surface area (Å²) in [5, 5.41) is 19.5. The zero-order chi connectivity index (χ0) is 28.6. The van der Waals surface area contributed by atoms with Crippen molar-refractivity contribution in [3.63, 3.8) is 0 Å². The summed E-state index contributed by atoms with van der Waals surface area (Å²) in [6.07, 6.45) is 3.65. The summed E-state index contributed by atoms with van der Waals surface area (Å²) in [4.78, 5) is 36.7. The van der Waals surface area contributed by atoms with Crippen molar-refractivity contribution >= 4 is 23.6 Å². The largest absolute Gasteiger partial charge is 0.459 e. The Morgan fingerprint density at radius 2 is 1.98 bits per heavy atom. The summed E-state index contributed by atoms with van der Waals surface area (Å²) in [5.74, 6) is -0.762. The number of rotatable bonds is 8. The fourth-order valence-corrected chi connectivity index (χ4v) is 4.57. The van der Waals surface area contributed by atoms with Gasteiger partial charge in [0.1, 0.15) is 34.9 Å². The molecular formula is C27H27F2N7O4. The minimum Gasteiger partial charge on any atom is -0.459 e. The highest BCUT2D eigenvalue weighted by Crippen LogP contribution is 2.31. The quantitative estimate of drug-likeness (QED) is 0.304. The molecule has 13 heteroatoms. The van der Waals surface area contributed by atoms with E-state index in [-0.39, 0.29) is 12.1 Å². The van der Waals surface area contributed by atoms with E-state index >= 15 is 0 Å². The number of nitrogens with one attached hydrogen (secondary N) is 2. The molecular weight excluding hydrogens is 524 g/mol. The number of fused-ring (bicyclic) bond motifs is 1. The Kier molecular flexibility index (Phi) is 7.30. The molecule has 4 aromatic rings. The molecule has 0 bridgehead atoms. The van der Waals surface area contributed by atoms with Crippen molar-refractivity contribution in [1.82, 2.24) is 30.0 Å². The molecule has 2 amide bonds. The van der Waals surface area contributed by atoms with Crippen molar-refractivity contribution < 1.29 is 27.9 Å². The number of hydrogen-bond donors (Lipinski definition) is 3. The zero-order valence-corrected chi connectivity index (χ0v) is 22.0. The molecule has 0 spiro atoms. The van der Waals surface area contributed by atoms with Crippen LogP contribution in [0.4, 0.5) is 20.5 Å². The van der Waals surface area contributed by atoms with E-state index in [1.54, 1.807) is 43.2 Å². The second kappa shape index (κ2) is 10.8. The van der Waals surface area contributed by atoms with Gasteiger partial charge in [-0.1, -0.05) is 0 Å². The van der Waals surface area contributed by atoms with E-state index in [1.165, 1.54) is 4.90 Å². The Hall–Kier alpha value is -4.65. The van der Waals surface area contributed by atoms with Crippen molar-refractivity contribution in [2.24, 2.45) is 7.05 Å². The summed E-state index contributed by atoms with van der Waals surface area (Å²) < 4.78 is 35.0. The van der Waals surface area contributed by atoms with Crippen molar-refractivity contribution in [3.8, 4) is 11.5 Å². The van der Waals surface area contributed by atoms with Crippen LogP contribution >= 0.6 is 0 Å². The van der Waals surface area contributed by atoms with Crippen molar-refractivity contribution in [2.45, 2.75) is 32.4 Å². The highest BCUT2D eigenvalue weighted by atomic mass is 19.1. The number of halogens is 2. The van der Waals surface area contributed by atoms with Gasteiger partial charge in [0.25, 0.3) is 5.91 Å². The number of aromatic nitrogens is 4. The molecule has 4 heterocycles. The molecule has 11 nitrogen and oxygen atoms in total. The number of nitrogens with zero attached hydrogens (tertiary/aromatic N) is 5. The summed E-state index contributed by atoms with van der Waals surface area (Å²) in [6.45, 7) is 3.00. The SMILES string of the molecule is Cc1cnc(Nc2ccnn2C)nc1-c1cc2c(o1)CCN([C@H](C)C(=O)N[C@H](CO)c1cc(F)cc(F)c1)C2=O. The molecule has 0 saturated heterocycles. The molecule has 3 N–H and O–H groups in total. The number of furan rings is 1. The molecule has 2 atom stereocenters. The van der Waals surface area contributed by atoms with Gasteiger partial charge in [-0.3, -0.25) is 14.3 Å². The van der Waals surface area contributed by atoms with E-state index < -0.39 is 42.1 Å². The van der Waals surface area contributed by atoms with E-state index in [2.05, 4.69) is 25.7 Å². The molecule has 0 saturated carbocycles. The van der Waals surface area contributed by atoms with Crippen LogP contribution in [0.25, 0.3) is 11.5 Å². The number of carbonyl (C=O) groups is 2. The van der Waals surface area contributed by atoms with Crippen LogP contribution in [0.5, 0.6) is 0 Å². The van der Waals surface area contributed by atoms with Gasteiger partial charge in [-0.15, -0.1) is 0 Å². The third kappa shape index (κ3) is 5.27. The summed E-state index contributed by atoms with van der Waals surface area (Å²) in [5.41, 5.74) is 1.63. The number of amides is 2. The monoisotopic (exact) mass is 551 g/mol. The molecule has 208 valence electrons. The van der Waals surface area contributed by atoms with Gasteiger partial charge in [-0.2, -0.15) is 5.10 Å². The molecule has 1 aromatic carbocycles. The van der Waals surface area contributed by atoms with Crippen LogP contribution in [0.2, 0.25) is 0 Å². The number of aliphatic hydroxyl groups is 1. The smallest absolute Gasteiger partial charge is 0.258 e. The van der Waals surface area contributed by atoms with Gasteiger partial charge in [0.15, 0.2) is 5.76 Å². The maximum atomic E-state index is 13.7. The fourth-order valence-electron chi connectivity index (χ4n) is 4.57. The molecule has 0 fully saturated rings. The Morgan fingerprint density at radius 1 is 1.23 bits per heavy atom. The number of hydrogen-bond acceptors (Lipinski definition) is 8. The Bertz CT molecular complexity index is 1560. The normalized spacial score (nSPS) is 14.6. The summed E-state index contributed by atoms with van der Waals surface area (Å²) >= 11 is 0. The van der Waals surface area contributed by atoms with Crippen LogP contribution in [-0.4, -0.2) is 60.8 Å². The lowest BCUT2D eigenvalue weighted by molar-refractivity contribution is -0.126. The first-order valence-electron chi connectivity index (χ1n) is 12.5. The summed E-state index contributed by atoms with van der Waals surface area (Å²) in [7, 11) is 1.78. The maximum absolute atomic E-state index is 13.7. The first-order valence-corrected chi connectivity index (χ1v) is 12.5. The second-order valence-electron chi connectivity index (χ2n) is 9.51. The third-order valence-electron chi connectivity index (χ3n) is 6.78. The summed E-state index contributed by atoms with van der Waals surface area (Å²) in [6, 6.07) is 4.17. The highest BCUT2D eigenvalue weighted by Gasteiger charge is 2.35. The molecule has 1 aliphatic rings. The molecule has 0 radical (unpaired) electrons. The lowest BCUT2D eigenvalue weighted by Crippen LogP contribution is -2.51. The average Bonchev–Trinajstić information content (AvgIpc) is 3.54. The van der Waals surface area contributed by atoms with Gasteiger partial charge in [0.2, 0.25) is 11.9 Å². The third-order valence-corrected chi connectivity index (χ3v) is 6.78. The molecule has 5 rings (SSSR count). The van der Waals surface area contributed by atoms with Crippen LogP contribution in [0.3, 0.4) is 0 Å². The van der Waals surface area contributed by atoms with Crippen LogP contribution in [0.15, 0.2) is 47.1 Å². The number of carbonyl (C=O) groups excluding carboxylic acids is 2. The zero-order valence-electron chi connectivity index (χ0n) is 22.0. The average molecular weight is 552 g/mol. The van der Waals surface area contributed by atoms with E-state index in [4.69, 9.17) is 4.42 Å². The number of aryl methyl sites for hydroxylation is 2. The number of anilines is 2. The molecule has 3 aromatic heterocycles. The molecule has 0 unspecified atom stereocenters. The van der Waals surface area contributed by atoms with Crippen molar-refractivity contribution in [1.29, 1.82) is 0 Å². The van der Waals surface area contributed by atoms with E-state index in [1.807, 2.05) is 6.92 Å². The van der Waals surface area contributed by atoms with Crippen molar-refractivity contribution in [3.05, 3.63) is 76.8 Å². The fraction of sp³-hybridized carbons (Fsp3) is 0.296. The molecule has 1 aliphatic heterocycles. The maximum Gasteiger partial charge on any atom is 0.258 e. The van der Waals surface area contributed by atoms with E-state index in [9.17, 15) is 23.5 Å². The van der Waals surface area contributed by atoms with E-state index in [0.29, 0.717) is 47.0 Å². The van der Waals surface area contributed by atoms with Gasteiger partial charge >= 0.3 is 0 Å². The van der Waals surface area contributed by atoms with Gasteiger partial charge in [-0.05, 0) is 43.2 Å². The topological polar surface area (TPSA) is 138 Å². The standard InChI is InChI=1S/C27H27F2N7O4/c1-14-12-30-27(33-23-4-6-31-35(23)3)34-24(14)22-11-19-21(40-22)5-7-36(26(19)39)15(2)25(38)32-20(13-37)16-8-17(28)10-18(29)9-16/h4,6,8-12,15,20,37H,5,7,13H2,1-3H3,(H,32,38)(H,30,33,34)/t15-,20-/m1/s1. The Morgan fingerprint density at radius 3 is 2.65 bits per heavy atom. The van der Waals surface area contributed by atoms with Crippen LogP contribution < -0.4 is 10.6 Å². The lowest BCUT2D eigenvalue weighted by Gasteiger charge is -2.32. The first-order chi connectivity index (χ1) is 19.1. The van der Waals surface area contributed by atoms with Crippen LogP contribution in [-0.2, 0) is 18.3 Å². The predicted octanol–water partition coefficient (Wildman–Crippen LogP) is 3.04. The minimum absolute atomic E-state index is 0.0738. The van der Waals surface area contributed by atoms with Gasteiger partial charge in [0.05, 0.1) is 24.4 Å². The van der Waals surface area contributed by atoms with Gasteiger partial charge < -0.3 is 25.1 Å². The van der Waals surface area contributed by atoms with E-state index in [0.717, 1.165) is 17.7 Å². The predicted molar refractivity (Wildman–Crippen MR) is 139 cm³/mol. The first kappa shape index (κ1) is 26.9. The number of aliphatic hydroxyl groups excluding tert-OH is 1. The van der Waals surface area contributed by atoms with Crippen LogP contribution in [0.1, 0.15) is 40.2 Å². The molecule has 0 aliphatic carbocycles. The van der Waals surface area contributed by atoms with Crippen LogP contribution in [0, 0.1) is 18.6 Å².